The van der Waals surface area contributed by atoms with Crippen molar-refractivity contribution in [2.75, 3.05) is 0 Å². The molecule has 1 atom stereocenters. The Balaban J connectivity index is 0. The SMILES string of the molecule is C.C[Si](C)(C)O[Si](C)(C)O[Si](C)(CCc1ccccc1)O[Si](C)(C)C.[Y]. The van der Waals surface area contributed by atoms with E-state index in [1.807, 2.05) is 0 Å². The van der Waals surface area contributed by atoms with Gasteiger partial charge in [0.15, 0.2) is 16.6 Å². The first-order chi connectivity index (χ1) is 10.7. The summed E-state index contributed by atoms with van der Waals surface area (Å²) in [6.07, 6.45) is 1.01. The average molecular weight is 506 g/mol. The van der Waals surface area contributed by atoms with Crippen LogP contribution in [-0.4, -0.2) is 33.8 Å². The van der Waals surface area contributed by atoms with Crippen LogP contribution in [0.15, 0.2) is 30.3 Å². The van der Waals surface area contributed by atoms with Gasteiger partial charge in [0.25, 0.3) is 0 Å². The van der Waals surface area contributed by atoms with Crippen molar-refractivity contribution in [2.45, 2.75) is 78.8 Å². The van der Waals surface area contributed by atoms with Gasteiger partial charge >= 0.3 is 17.1 Å². The molecular weight excluding hydrogens is 465 g/mol. The zero-order valence-corrected chi connectivity index (χ0v) is 24.4. The van der Waals surface area contributed by atoms with E-state index in [1.54, 1.807) is 0 Å². The Labute approximate surface area is 192 Å². The van der Waals surface area contributed by atoms with Gasteiger partial charge in [-0.1, -0.05) is 37.8 Å². The quantitative estimate of drug-likeness (QED) is 0.366. The van der Waals surface area contributed by atoms with Crippen LogP contribution in [0.5, 0.6) is 0 Å². The molecule has 0 spiro atoms. The normalized spacial score (nSPS) is 14.8. The molecule has 0 aliphatic carbocycles. The maximum Gasteiger partial charge on any atom is 0.316 e. The van der Waals surface area contributed by atoms with Gasteiger partial charge in [-0.3, -0.25) is 0 Å². The molecule has 0 aromatic heterocycles. The molecule has 0 N–H and O–H groups in total. The molecule has 0 aliphatic heterocycles. The number of rotatable bonds is 9. The van der Waals surface area contributed by atoms with Crippen molar-refractivity contribution < 1.29 is 45.1 Å². The molecule has 0 fully saturated rings. The van der Waals surface area contributed by atoms with Crippen LogP contribution in [0.2, 0.25) is 65.0 Å². The maximum atomic E-state index is 6.70. The van der Waals surface area contributed by atoms with Gasteiger partial charge in [0, 0.05) is 32.7 Å². The summed E-state index contributed by atoms with van der Waals surface area (Å²) in [4.78, 5) is 0. The van der Waals surface area contributed by atoms with Crippen LogP contribution in [-0.2, 0) is 51.5 Å². The van der Waals surface area contributed by atoms with Crippen LogP contribution in [0, 0.1) is 0 Å². The van der Waals surface area contributed by atoms with Crippen LogP contribution >= 0.6 is 0 Å². The fourth-order valence-electron chi connectivity index (χ4n) is 3.06. The molecule has 8 heteroatoms. The molecule has 0 aliphatic rings. The Bertz CT molecular complexity index is 515. The molecule has 3 nitrogen and oxygen atoms in total. The number of benzene rings is 1. The zero-order valence-electron chi connectivity index (χ0n) is 17.6. The summed E-state index contributed by atoms with van der Waals surface area (Å²) < 4.78 is 19.7. The summed E-state index contributed by atoms with van der Waals surface area (Å²) in [5, 5.41) is 0. The Morgan fingerprint density at radius 3 is 1.58 bits per heavy atom. The minimum atomic E-state index is -2.28. The molecule has 0 amide bonds. The Morgan fingerprint density at radius 2 is 1.15 bits per heavy atom. The van der Waals surface area contributed by atoms with E-state index in [9.17, 15) is 0 Å². The first-order valence-electron chi connectivity index (χ1n) is 8.84. The van der Waals surface area contributed by atoms with Gasteiger partial charge in [0.2, 0.25) is 0 Å². The molecule has 0 saturated carbocycles. The largest absolute Gasteiger partial charge is 0.437 e. The second kappa shape index (κ2) is 11.3. The summed E-state index contributed by atoms with van der Waals surface area (Å²) in [6.45, 7) is 20.0. The standard InChI is InChI=1S/C17H36O3Si4.CH4.Y/c1-21(2,3)18-23(7,8)20-24(9,19-22(4,5)6)16-15-17-13-11-10-12-14-17;;/h10-14H,15-16H2,1-9H3;1H4;. The van der Waals surface area contributed by atoms with Gasteiger partial charge in [-0.2, -0.15) is 0 Å². The topological polar surface area (TPSA) is 27.7 Å². The van der Waals surface area contributed by atoms with E-state index in [4.69, 9.17) is 12.3 Å². The Kier molecular flexibility index (Phi) is 12.7. The van der Waals surface area contributed by atoms with Gasteiger partial charge in [-0.05, 0) is 77.0 Å². The predicted molar refractivity (Wildman–Crippen MR) is 121 cm³/mol. The van der Waals surface area contributed by atoms with E-state index in [2.05, 4.69) is 89.3 Å². The van der Waals surface area contributed by atoms with E-state index < -0.39 is 33.8 Å². The Hall–Kier alpha value is 1.07. The van der Waals surface area contributed by atoms with E-state index in [0.717, 1.165) is 12.5 Å². The number of hydrogen-bond donors (Lipinski definition) is 0. The van der Waals surface area contributed by atoms with Crippen LogP contribution in [0.25, 0.3) is 0 Å². The summed E-state index contributed by atoms with van der Waals surface area (Å²) in [7, 11) is -7.77. The molecule has 0 saturated heterocycles. The van der Waals surface area contributed by atoms with Crippen molar-refractivity contribution in [3.63, 3.8) is 0 Å². The van der Waals surface area contributed by atoms with Crippen molar-refractivity contribution in [3.05, 3.63) is 35.9 Å². The molecule has 1 radical (unpaired) electrons. The van der Waals surface area contributed by atoms with E-state index >= 15 is 0 Å². The fourth-order valence-corrected chi connectivity index (χ4v) is 20.9. The Morgan fingerprint density at radius 1 is 0.692 bits per heavy atom. The van der Waals surface area contributed by atoms with Crippen LogP contribution in [0.3, 0.4) is 0 Å². The second-order valence-corrected chi connectivity index (χ2v) is 25.5. The molecular formula is C18H40O3Si4Y. The van der Waals surface area contributed by atoms with E-state index in [1.165, 1.54) is 5.56 Å². The maximum absolute atomic E-state index is 6.70. The van der Waals surface area contributed by atoms with Crippen LogP contribution in [0.4, 0.5) is 0 Å². The van der Waals surface area contributed by atoms with Crippen molar-refractivity contribution >= 4 is 33.8 Å². The van der Waals surface area contributed by atoms with E-state index in [0.29, 0.717) is 0 Å². The van der Waals surface area contributed by atoms with Crippen molar-refractivity contribution in [2.24, 2.45) is 0 Å². The minimum absolute atomic E-state index is 0. The molecule has 1 rings (SSSR count). The van der Waals surface area contributed by atoms with Crippen molar-refractivity contribution in [1.82, 2.24) is 0 Å². The van der Waals surface area contributed by atoms with Crippen molar-refractivity contribution in [1.29, 1.82) is 0 Å². The molecule has 1 unspecified atom stereocenters. The number of aryl methyl sites for hydroxylation is 1. The van der Waals surface area contributed by atoms with Crippen molar-refractivity contribution in [3.8, 4) is 0 Å². The molecule has 1 aromatic rings. The molecule has 0 bridgehead atoms. The summed E-state index contributed by atoms with van der Waals surface area (Å²) in [5.41, 5.74) is 1.35. The van der Waals surface area contributed by atoms with Gasteiger partial charge in [-0.15, -0.1) is 0 Å². The first-order valence-corrected chi connectivity index (χ1v) is 21.0. The number of hydrogen-bond acceptors (Lipinski definition) is 3. The third-order valence-corrected chi connectivity index (χ3v) is 16.7. The average Bonchev–Trinajstić information content (AvgIpc) is 2.31. The van der Waals surface area contributed by atoms with Gasteiger partial charge in [0.1, 0.15) is 0 Å². The van der Waals surface area contributed by atoms with E-state index in [-0.39, 0.29) is 40.1 Å². The second-order valence-electron chi connectivity index (χ2n) is 9.05. The van der Waals surface area contributed by atoms with Gasteiger partial charge < -0.3 is 12.3 Å². The molecule has 1 aromatic carbocycles. The third-order valence-electron chi connectivity index (χ3n) is 3.25. The monoisotopic (exact) mass is 505 g/mol. The van der Waals surface area contributed by atoms with Gasteiger partial charge in [0.05, 0.1) is 0 Å². The third kappa shape index (κ3) is 13.3. The zero-order chi connectivity index (χ0) is 18.6. The fraction of sp³-hybridized carbons (Fsp3) is 0.667. The predicted octanol–water partition coefficient (Wildman–Crippen LogP) is 6.36. The molecule has 0 heterocycles. The summed E-state index contributed by atoms with van der Waals surface area (Å²) in [6, 6.07) is 11.6. The minimum Gasteiger partial charge on any atom is -0.437 e. The first kappa shape index (κ1) is 29.3. The summed E-state index contributed by atoms with van der Waals surface area (Å²) >= 11 is 0. The summed E-state index contributed by atoms with van der Waals surface area (Å²) in [5.74, 6) is 0. The van der Waals surface area contributed by atoms with Gasteiger partial charge in [-0.25, -0.2) is 0 Å². The molecule has 26 heavy (non-hydrogen) atoms. The van der Waals surface area contributed by atoms with Crippen LogP contribution < -0.4 is 0 Å². The smallest absolute Gasteiger partial charge is 0.316 e. The van der Waals surface area contributed by atoms with Crippen LogP contribution in [0.1, 0.15) is 13.0 Å². The molecule has 149 valence electrons.